The summed E-state index contributed by atoms with van der Waals surface area (Å²) in [7, 11) is 1.99. The molecule has 4 bridgehead atoms. The Labute approximate surface area is 220 Å². The lowest BCUT2D eigenvalue weighted by Crippen LogP contribution is -2.81. The van der Waals surface area contributed by atoms with Crippen LogP contribution in [0.4, 0.5) is 0 Å². The summed E-state index contributed by atoms with van der Waals surface area (Å²) in [6.45, 7) is 4.83. The number of rotatable bonds is 7. The molecule has 6 atom stereocenters. The predicted octanol–water partition coefficient (Wildman–Crippen LogP) is 6.15. The van der Waals surface area contributed by atoms with E-state index in [-0.39, 0.29) is 17.1 Å². The highest BCUT2D eigenvalue weighted by molar-refractivity contribution is 7.98. The third-order valence-electron chi connectivity index (χ3n) is 11.5. The Bertz CT molecular complexity index is 1200. The van der Waals surface area contributed by atoms with Crippen LogP contribution < -0.4 is 4.74 Å². The van der Waals surface area contributed by atoms with Crippen molar-refractivity contribution in [1.29, 1.82) is 0 Å². The van der Waals surface area contributed by atoms with Crippen molar-refractivity contribution >= 4 is 11.8 Å². The largest absolute Gasteiger partial charge is 0.486 e. The van der Waals surface area contributed by atoms with E-state index in [0.29, 0.717) is 17.4 Å². The van der Waals surface area contributed by atoms with E-state index >= 15 is 0 Å². The molecule has 5 aliphatic carbocycles. The number of hydrogen-bond acceptors (Lipinski definition) is 4. The van der Waals surface area contributed by atoms with E-state index in [4.69, 9.17) is 9.47 Å². The van der Waals surface area contributed by atoms with Gasteiger partial charge in [-0.1, -0.05) is 42.5 Å². The van der Waals surface area contributed by atoms with Crippen molar-refractivity contribution in [2.75, 3.05) is 26.0 Å². The number of ether oxygens (including phenoxy) is 2. The van der Waals surface area contributed by atoms with Crippen LogP contribution >= 0.6 is 11.8 Å². The molecular weight excluding hydrogens is 462 g/mol. The second-order valence-electron chi connectivity index (χ2n) is 12.8. The molecular formula is C32H39NO2S. The molecule has 0 aromatic heterocycles. The predicted molar refractivity (Wildman–Crippen MR) is 146 cm³/mol. The van der Waals surface area contributed by atoms with E-state index < -0.39 is 0 Å². The smallest absolute Gasteiger partial charge is 0.138 e. The average Bonchev–Trinajstić information content (AvgIpc) is 3.64. The zero-order valence-electron chi connectivity index (χ0n) is 21.8. The number of thioether (sulfide) groups is 1. The number of piperidine rings is 1. The molecule has 2 spiro atoms. The first-order chi connectivity index (χ1) is 17.6. The van der Waals surface area contributed by atoms with Gasteiger partial charge in [0.15, 0.2) is 0 Å². The SMILES string of the molecule is CO[C@]12CC[C@@]3(C[C@@H]1CSCc1ccccc1)[C@H]1Cc4ccc(C)c5c4[C@@]3(CCN1CC1CC1)[C@H]2O5. The molecule has 0 N–H and O–H groups in total. The van der Waals surface area contributed by atoms with E-state index in [1.165, 1.54) is 68.5 Å². The molecule has 36 heavy (non-hydrogen) atoms. The molecule has 190 valence electrons. The lowest BCUT2D eigenvalue weighted by molar-refractivity contribution is -0.273. The lowest BCUT2D eigenvalue weighted by Gasteiger charge is -2.74. The van der Waals surface area contributed by atoms with Gasteiger partial charge in [0, 0.05) is 47.8 Å². The fourth-order valence-corrected chi connectivity index (χ4v) is 11.0. The van der Waals surface area contributed by atoms with E-state index in [2.05, 4.69) is 66.1 Å². The van der Waals surface area contributed by atoms with Crippen molar-refractivity contribution in [2.45, 2.75) is 80.8 Å². The quantitative estimate of drug-likeness (QED) is 0.453. The van der Waals surface area contributed by atoms with E-state index in [0.717, 1.165) is 23.8 Å². The number of aryl methyl sites for hydroxylation is 1. The van der Waals surface area contributed by atoms with Gasteiger partial charge in [-0.05, 0) is 86.8 Å². The van der Waals surface area contributed by atoms with Crippen LogP contribution in [-0.4, -0.2) is 48.6 Å². The molecule has 0 unspecified atom stereocenters. The molecule has 0 radical (unpaired) electrons. The normalized spacial score (nSPS) is 39.7. The Kier molecular flexibility index (Phi) is 4.85. The summed E-state index contributed by atoms with van der Waals surface area (Å²) in [6.07, 6.45) is 9.29. The maximum absolute atomic E-state index is 7.20. The maximum Gasteiger partial charge on any atom is 0.138 e. The fourth-order valence-electron chi connectivity index (χ4n) is 9.79. The molecule has 2 aliphatic heterocycles. The average molecular weight is 502 g/mol. The third kappa shape index (κ3) is 2.74. The van der Waals surface area contributed by atoms with Gasteiger partial charge in [0.1, 0.15) is 17.5 Å². The van der Waals surface area contributed by atoms with Crippen molar-refractivity contribution in [2.24, 2.45) is 17.3 Å². The molecule has 4 saturated carbocycles. The van der Waals surface area contributed by atoms with E-state index in [1.807, 2.05) is 7.11 Å². The highest BCUT2D eigenvalue weighted by Gasteiger charge is 2.80. The standard InChI is InChI=1S/C32H39NO2S/c1-21-8-11-24-16-26-30-12-13-32(34-2,25(17-30)20-36-19-23-6-4-3-5-7-23)29-31(30,27(24)28(21)35-29)14-15-33(26)18-22-9-10-22/h3-8,11,22,25-26,29H,9-10,12-20H2,1-2H3/t25-,26-,29-,30-,31+,32-/m1/s1. The van der Waals surface area contributed by atoms with Gasteiger partial charge in [-0.25, -0.2) is 0 Å². The van der Waals surface area contributed by atoms with Crippen LogP contribution in [0, 0.1) is 24.2 Å². The highest BCUT2D eigenvalue weighted by atomic mass is 32.2. The zero-order valence-corrected chi connectivity index (χ0v) is 22.6. The van der Waals surface area contributed by atoms with Gasteiger partial charge in [0.2, 0.25) is 0 Å². The Morgan fingerprint density at radius 2 is 1.94 bits per heavy atom. The Morgan fingerprint density at radius 1 is 1.08 bits per heavy atom. The second kappa shape index (κ2) is 7.77. The second-order valence-corrected chi connectivity index (χ2v) is 13.9. The summed E-state index contributed by atoms with van der Waals surface area (Å²) in [5.41, 5.74) is 6.26. The number of likely N-dealkylation sites (tertiary alicyclic amines) is 1. The first-order valence-electron chi connectivity index (χ1n) is 14.3. The van der Waals surface area contributed by atoms with Crippen molar-refractivity contribution in [3.8, 4) is 5.75 Å². The Hall–Kier alpha value is -1.49. The van der Waals surface area contributed by atoms with Gasteiger partial charge >= 0.3 is 0 Å². The monoisotopic (exact) mass is 501 g/mol. The number of fused-ring (bicyclic) bond motifs is 2. The van der Waals surface area contributed by atoms with Gasteiger partial charge in [0.25, 0.3) is 0 Å². The van der Waals surface area contributed by atoms with Crippen LogP contribution in [0.2, 0.25) is 0 Å². The summed E-state index contributed by atoms with van der Waals surface area (Å²) in [6, 6.07) is 16.4. The van der Waals surface area contributed by atoms with Crippen molar-refractivity contribution in [1.82, 2.24) is 4.90 Å². The first kappa shape index (κ1) is 22.5. The van der Waals surface area contributed by atoms with E-state index in [9.17, 15) is 0 Å². The Balaban J connectivity index is 1.22. The van der Waals surface area contributed by atoms with Crippen LogP contribution in [0.1, 0.15) is 60.8 Å². The van der Waals surface area contributed by atoms with Crippen molar-refractivity contribution in [3.05, 3.63) is 64.7 Å². The van der Waals surface area contributed by atoms with Crippen molar-refractivity contribution < 1.29 is 9.47 Å². The van der Waals surface area contributed by atoms with Crippen LogP contribution in [0.3, 0.4) is 0 Å². The number of hydrogen-bond donors (Lipinski definition) is 0. The molecule has 2 aromatic carbocycles. The summed E-state index contributed by atoms with van der Waals surface area (Å²) in [4.78, 5) is 2.96. The molecule has 9 rings (SSSR count). The number of benzene rings is 2. The van der Waals surface area contributed by atoms with Gasteiger partial charge in [0.05, 0.1) is 0 Å². The van der Waals surface area contributed by atoms with Crippen molar-refractivity contribution in [3.63, 3.8) is 0 Å². The number of methoxy groups -OCH3 is 1. The van der Waals surface area contributed by atoms with Gasteiger partial charge in [-0.15, -0.1) is 0 Å². The summed E-state index contributed by atoms with van der Waals surface area (Å²) in [5, 5.41) is 0. The Morgan fingerprint density at radius 3 is 2.75 bits per heavy atom. The molecule has 5 fully saturated rings. The molecule has 1 saturated heterocycles. The molecule has 4 heteroatoms. The molecule has 3 nitrogen and oxygen atoms in total. The summed E-state index contributed by atoms with van der Waals surface area (Å²) < 4.78 is 13.9. The zero-order chi connectivity index (χ0) is 24.1. The van der Waals surface area contributed by atoms with Crippen LogP contribution in [-0.2, 0) is 22.3 Å². The van der Waals surface area contributed by atoms with Crippen LogP contribution in [0.15, 0.2) is 42.5 Å². The minimum atomic E-state index is -0.172. The van der Waals surface area contributed by atoms with Gasteiger partial charge in [-0.3, -0.25) is 4.90 Å². The van der Waals surface area contributed by atoms with Gasteiger partial charge in [-0.2, -0.15) is 11.8 Å². The topological polar surface area (TPSA) is 21.7 Å². The molecule has 0 amide bonds. The first-order valence-corrected chi connectivity index (χ1v) is 15.5. The lowest BCUT2D eigenvalue weighted by atomic mass is 9.35. The van der Waals surface area contributed by atoms with Crippen LogP contribution in [0.25, 0.3) is 0 Å². The minimum absolute atomic E-state index is 0.140. The fraction of sp³-hybridized carbons (Fsp3) is 0.625. The minimum Gasteiger partial charge on any atom is -0.486 e. The molecule has 2 aromatic rings. The molecule has 7 aliphatic rings. The maximum atomic E-state index is 7.20. The summed E-state index contributed by atoms with van der Waals surface area (Å²) in [5.74, 6) is 4.97. The van der Waals surface area contributed by atoms with E-state index in [1.54, 1.807) is 11.1 Å². The van der Waals surface area contributed by atoms with Gasteiger partial charge < -0.3 is 9.47 Å². The number of nitrogens with zero attached hydrogens (tertiary/aromatic N) is 1. The highest BCUT2D eigenvalue weighted by Crippen LogP contribution is 2.76. The molecule has 2 heterocycles. The summed E-state index contributed by atoms with van der Waals surface area (Å²) >= 11 is 2.11. The van der Waals surface area contributed by atoms with Crippen LogP contribution in [0.5, 0.6) is 5.75 Å². The third-order valence-corrected chi connectivity index (χ3v) is 12.6.